The summed E-state index contributed by atoms with van der Waals surface area (Å²) in [6.45, 7) is -0.864. The number of H-pyrrole nitrogens is 1. The Bertz CT molecular complexity index is 956. The minimum atomic E-state index is -2.94. The molecule has 0 saturated heterocycles. The fraction of sp³-hybridized carbons (Fsp3) is 0.389. The fourth-order valence-electron chi connectivity index (χ4n) is 2.70. The number of rotatable bonds is 9. The second-order valence-corrected chi connectivity index (χ2v) is 6.31. The first-order valence-electron chi connectivity index (χ1n) is 8.91. The molecule has 29 heavy (non-hydrogen) atoms. The van der Waals surface area contributed by atoms with Crippen molar-refractivity contribution in [3.63, 3.8) is 0 Å². The van der Waals surface area contributed by atoms with E-state index in [1.165, 1.54) is 40.8 Å². The van der Waals surface area contributed by atoms with E-state index in [1.54, 1.807) is 0 Å². The zero-order valence-electron chi connectivity index (χ0n) is 16.1. The zero-order valence-corrected chi connectivity index (χ0v) is 16.1. The molecule has 0 saturated carbocycles. The summed E-state index contributed by atoms with van der Waals surface area (Å²) in [5.41, 5.74) is 5.08. The molecule has 0 radical (unpaired) electrons. The van der Waals surface area contributed by atoms with Crippen molar-refractivity contribution >= 4 is 23.1 Å². The third-order valence-electron chi connectivity index (χ3n) is 4.08. The van der Waals surface area contributed by atoms with E-state index in [1.807, 2.05) is 6.92 Å². The van der Waals surface area contributed by atoms with Crippen molar-refractivity contribution in [2.24, 2.45) is 0 Å². The van der Waals surface area contributed by atoms with Crippen LogP contribution in [-0.4, -0.2) is 35.7 Å². The van der Waals surface area contributed by atoms with E-state index in [0.717, 1.165) is 6.42 Å². The van der Waals surface area contributed by atoms with Crippen LogP contribution < -0.4 is 31.9 Å². The number of carbonyl (C=O) groups excluding carboxylic acids is 1. The first-order valence-corrected chi connectivity index (χ1v) is 8.91. The first kappa shape index (κ1) is 21.9. The minimum Gasteiger partial charge on any atom is -0.435 e. The number of aromatic nitrogens is 2. The summed E-state index contributed by atoms with van der Waals surface area (Å²) in [5, 5.41) is 2.58. The number of nitrogens with two attached hydrogens (primary N) is 1. The number of carbonyl (C=O) groups is 1. The van der Waals surface area contributed by atoms with Gasteiger partial charge in [0.1, 0.15) is 17.3 Å². The summed E-state index contributed by atoms with van der Waals surface area (Å²) in [6, 6.07) is 5.39. The van der Waals surface area contributed by atoms with Gasteiger partial charge in [0, 0.05) is 19.3 Å². The molecule has 2 rings (SSSR count). The highest BCUT2D eigenvalue weighted by Gasteiger charge is 2.18. The van der Waals surface area contributed by atoms with Crippen LogP contribution in [-0.2, 0) is 11.3 Å². The highest BCUT2D eigenvalue weighted by Crippen LogP contribution is 2.18. The Hall–Kier alpha value is -3.37. The van der Waals surface area contributed by atoms with Crippen LogP contribution in [0.5, 0.6) is 5.75 Å². The van der Waals surface area contributed by atoms with E-state index in [-0.39, 0.29) is 23.8 Å². The molecule has 0 spiro atoms. The summed E-state index contributed by atoms with van der Waals surface area (Å²) in [5.74, 6) is -0.528. The molecule has 0 bridgehead atoms. The van der Waals surface area contributed by atoms with Crippen LogP contribution in [0.1, 0.15) is 19.8 Å². The number of hydrogen-bond donors (Lipinski definition) is 3. The highest BCUT2D eigenvalue weighted by molar-refractivity contribution is 5.94. The van der Waals surface area contributed by atoms with Crippen LogP contribution in [0.3, 0.4) is 0 Å². The Kier molecular flexibility index (Phi) is 7.34. The van der Waals surface area contributed by atoms with Crippen LogP contribution >= 0.6 is 0 Å². The maximum atomic E-state index is 12.3. The van der Waals surface area contributed by atoms with E-state index < -0.39 is 23.8 Å². The largest absolute Gasteiger partial charge is 0.435 e. The van der Waals surface area contributed by atoms with Gasteiger partial charge in [0.2, 0.25) is 5.91 Å². The normalized spacial score (nSPS) is 10.8. The summed E-state index contributed by atoms with van der Waals surface area (Å²) in [6.07, 6.45) is 1.53. The number of nitrogens with one attached hydrogen (secondary N) is 2. The molecule has 1 amide bonds. The Morgan fingerprint density at radius 1 is 1.31 bits per heavy atom. The number of halogens is 2. The topological polar surface area (TPSA) is 122 Å². The van der Waals surface area contributed by atoms with E-state index in [0.29, 0.717) is 18.7 Å². The van der Waals surface area contributed by atoms with Gasteiger partial charge in [-0.1, -0.05) is 13.3 Å². The molecule has 0 atom stereocenters. The molecule has 0 aliphatic carbocycles. The van der Waals surface area contributed by atoms with Crippen molar-refractivity contribution in [1.82, 2.24) is 9.55 Å². The molecular weight excluding hydrogens is 388 g/mol. The maximum absolute atomic E-state index is 12.3. The number of nitrogens with zero attached hydrogens (tertiary/aromatic N) is 2. The van der Waals surface area contributed by atoms with Gasteiger partial charge in [0.25, 0.3) is 5.56 Å². The summed E-state index contributed by atoms with van der Waals surface area (Å²) < 4.78 is 29.8. The first-order chi connectivity index (χ1) is 13.7. The molecule has 1 aromatic heterocycles. The second-order valence-electron chi connectivity index (χ2n) is 6.31. The number of nitrogen functional groups attached to an aromatic ring is 1. The molecule has 0 unspecified atom stereocenters. The standard InChI is InChI=1S/C18H23F2N5O4/c1-3-4-9-25-15(21)14(16(27)23-18(25)28)24(2)10-13(26)22-11-5-7-12(8-6-11)29-17(19)20/h5-8,17H,3-4,9-10,21H2,1-2H3,(H,22,26)(H,23,27,28). The van der Waals surface area contributed by atoms with Gasteiger partial charge >= 0.3 is 12.3 Å². The van der Waals surface area contributed by atoms with E-state index >= 15 is 0 Å². The second kappa shape index (κ2) is 9.71. The monoisotopic (exact) mass is 411 g/mol. The van der Waals surface area contributed by atoms with Gasteiger partial charge in [-0.15, -0.1) is 0 Å². The molecule has 11 heteroatoms. The van der Waals surface area contributed by atoms with Crippen molar-refractivity contribution in [2.75, 3.05) is 29.5 Å². The summed E-state index contributed by atoms with van der Waals surface area (Å²) in [4.78, 5) is 40.0. The molecule has 0 aliphatic heterocycles. The average Bonchev–Trinajstić information content (AvgIpc) is 2.62. The lowest BCUT2D eigenvalue weighted by atomic mass is 10.3. The number of hydrogen-bond acceptors (Lipinski definition) is 6. The molecular formula is C18H23F2N5O4. The minimum absolute atomic E-state index is 0.0107. The number of likely N-dealkylation sites (N-methyl/N-ethyl adjacent to an activating group) is 1. The van der Waals surface area contributed by atoms with Gasteiger partial charge < -0.3 is 20.7 Å². The Balaban J connectivity index is 2.11. The molecule has 1 heterocycles. The molecule has 158 valence electrons. The van der Waals surface area contributed by atoms with Crippen LogP contribution in [0, 0.1) is 0 Å². The maximum Gasteiger partial charge on any atom is 0.387 e. The number of amides is 1. The Morgan fingerprint density at radius 3 is 2.55 bits per heavy atom. The summed E-state index contributed by atoms with van der Waals surface area (Å²) in [7, 11) is 1.49. The average molecular weight is 411 g/mol. The van der Waals surface area contributed by atoms with Crippen LogP contribution in [0.25, 0.3) is 0 Å². The molecule has 0 fully saturated rings. The predicted molar refractivity (Wildman–Crippen MR) is 106 cm³/mol. The van der Waals surface area contributed by atoms with Crippen LogP contribution in [0.2, 0.25) is 0 Å². The third kappa shape index (κ3) is 5.80. The fourth-order valence-corrected chi connectivity index (χ4v) is 2.70. The molecule has 9 nitrogen and oxygen atoms in total. The van der Waals surface area contributed by atoms with Gasteiger partial charge in [-0.05, 0) is 30.7 Å². The number of aromatic amines is 1. The smallest absolute Gasteiger partial charge is 0.387 e. The van der Waals surface area contributed by atoms with Gasteiger partial charge in [0.05, 0.1) is 6.54 Å². The van der Waals surface area contributed by atoms with E-state index in [4.69, 9.17) is 5.73 Å². The van der Waals surface area contributed by atoms with Crippen molar-refractivity contribution in [3.8, 4) is 5.75 Å². The number of unbranched alkanes of at least 4 members (excludes halogenated alkanes) is 1. The Labute approximate surface area is 165 Å². The third-order valence-corrected chi connectivity index (χ3v) is 4.08. The zero-order chi connectivity index (χ0) is 21.6. The number of benzene rings is 1. The molecule has 2 aromatic rings. The lowest BCUT2D eigenvalue weighted by Crippen LogP contribution is -2.39. The van der Waals surface area contributed by atoms with Crippen molar-refractivity contribution in [1.29, 1.82) is 0 Å². The van der Waals surface area contributed by atoms with Gasteiger partial charge in [-0.3, -0.25) is 19.1 Å². The van der Waals surface area contributed by atoms with Gasteiger partial charge in [0.15, 0.2) is 0 Å². The van der Waals surface area contributed by atoms with Crippen LogP contribution in [0.4, 0.5) is 26.0 Å². The van der Waals surface area contributed by atoms with Crippen molar-refractivity contribution in [3.05, 3.63) is 45.1 Å². The van der Waals surface area contributed by atoms with E-state index in [2.05, 4.69) is 15.0 Å². The predicted octanol–water partition coefficient (Wildman–Crippen LogP) is 1.60. The lowest BCUT2D eigenvalue weighted by Gasteiger charge is -2.21. The Morgan fingerprint density at radius 2 is 1.97 bits per heavy atom. The number of alkyl halides is 2. The SMILES string of the molecule is CCCCn1c(N)c(N(C)CC(=O)Nc2ccc(OC(F)F)cc2)c(=O)[nH]c1=O. The molecule has 1 aromatic carbocycles. The highest BCUT2D eigenvalue weighted by atomic mass is 19.3. The molecule has 0 aliphatic rings. The quantitative estimate of drug-likeness (QED) is 0.576. The lowest BCUT2D eigenvalue weighted by molar-refractivity contribution is -0.114. The van der Waals surface area contributed by atoms with Gasteiger partial charge in [-0.2, -0.15) is 8.78 Å². The van der Waals surface area contributed by atoms with Crippen molar-refractivity contribution in [2.45, 2.75) is 32.9 Å². The van der Waals surface area contributed by atoms with E-state index in [9.17, 15) is 23.2 Å². The summed E-state index contributed by atoms with van der Waals surface area (Å²) >= 11 is 0. The number of anilines is 3. The van der Waals surface area contributed by atoms with Gasteiger partial charge in [-0.25, -0.2) is 4.79 Å². The number of ether oxygens (including phenoxy) is 1. The van der Waals surface area contributed by atoms with Crippen LogP contribution in [0.15, 0.2) is 33.9 Å². The molecule has 4 N–H and O–H groups in total. The van der Waals surface area contributed by atoms with Crippen molar-refractivity contribution < 1.29 is 18.3 Å².